The lowest BCUT2D eigenvalue weighted by Crippen LogP contribution is -2.30. The van der Waals surface area contributed by atoms with E-state index in [4.69, 9.17) is 9.47 Å². The predicted octanol–water partition coefficient (Wildman–Crippen LogP) is 5.45. The molecule has 3 aromatic rings. The van der Waals surface area contributed by atoms with Gasteiger partial charge in [-0.2, -0.15) is 0 Å². The number of nitrogens with one attached hydrogen (secondary N) is 1. The molecule has 5 nitrogen and oxygen atoms in total. The normalized spacial score (nSPS) is 11.6. The van der Waals surface area contributed by atoms with E-state index in [0.29, 0.717) is 21.9 Å². The first-order chi connectivity index (χ1) is 14.4. The molecule has 1 atom stereocenters. The topological polar surface area (TPSA) is 64.6 Å². The highest BCUT2D eigenvalue weighted by Crippen LogP contribution is 2.40. The summed E-state index contributed by atoms with van der Waals surface area (Å²) in [6, 6.07) is 14.9. The Morgan fingerprint density at radius 2 is 1.77 bits per heavy atom. The molecule has 1 N–H and O–H groups in total. The van der Waals surface area contributed by atoms with Gasteiger partial charge in [0.2, 0.25) is 0 Å². The number of aryl methyl sites for hydroxylation is 1. The van der Waals surface area contributed by atoms with Gasteiger partial charge in [0.15, 0.2) is 6.10 Å². The van der Waals surface area contributed by atoms with Crippen LogP contribution in [0.15, 0.2) is 54.6 Å². The van der Waals surface area contributed by atoms with Crippen molar-refractivity contribution >= 4 is 28.2 Å². The SMILES string of the molecule is CCOC(=O)c1c(NC(=O)[C@@H](C)Oc2ccccc2)sc(C)c1-c1ccc(F)cc1. The number of ether oxygens (including phenoxy) is 2. The summed E-state index contributed by atoms with van der Waals surface area (Å²) in [5, 5.41) is 3.17. The maximum Gasteiger partial charge on any atom is 0.341 e. The maximum absolute atomic E-state index is 13.4. The lowest BCUT2D eigenvalue weighted by Gasteiger charge is -2.15. The fourth-order valence-corrected chi connectivity index (χ4v) is 4.03. The van der Waals surface area contributed by atoms with Gasteiger partial charge in [-0.25, -0.2) is 9.18 Å². The Kier molecular flexibility index (Phi) is 6.84. The van der Waals surface area contributed by atoms with E-state index in [9.17, 15) is 14.0 Å². The van der Waals surface area contributed by atoms with E-state index in [1.807, 2.05) is 25.1 Å². The number of amides is 1. The summed E-state index contributed by atoms with van der Waals surface area (Å²) >= 11 is 1.26. The molecular formula is C23H22FNO4S. The molecule has 0 unspecified atom stereocenters. The number of hydrogen-bond donors (Lipinski definition) is 1. The fourth-order valence-electron chi connectivity index (χ4n) is 2.97. The van der Waals surface area contributed by atoms with Gasteiger partial charge in [0.25, 0.3) is 5.91 Å². The summed E-state index contributed by atoms with van der Waals surface area (Å²) in [6.45, 7) is 5.37. The second kappa shape index (κ2) is 9.54. The van der Waals surface area contributed by atoms with Crippen LogP contribution in [0, 0.1) is 12.7 Å². The van der Waals surface area contributed by atoms with Crippen molar-refractivity contribution in [1.29, 1.82) is 0 Å². The van der Waals surface area contributed by atoms with Gasteiger partial charge in [-0.05, 0) is 50.6 Å². The smallest absolute Gasteiger partial charge is 0.341 e. The zero-order chi connectivity index (χ0) is 21.7. The Labute approximate surface area is 178 Å². The van der Waals surface area contributed by atoms with Crippen LogP contribution in [-0.2, 0) is 9.53 Å². The van der Waals surface area contributed by atoms with Gasteiger partial charge in [-0.3, -0.25) is 4.79 Å². The minimum Gasteiger partial charge on any atom is -0.481 e. The Morgan fingerprint density at radius 3 is 2.40 bits per heavy atom. The number of esters is 1. The molecule has 0 saturated carbocycles. The molecule has 2 aromatic carbocycles. The molecule has 0 aliphatic carbocycles. The van der Waals surface area contributed by atoms with Crippen LogP contribution in [0.2, 0.25) is 0 Å². The van der Waals surface area contributed by atoms with Gasteiger partial charge in [0.05, 0.1) is 6.61 Å². The number of hydrogen-bond acceptors (Lipinski definition) is 5. The minimum atomic E-state index is -0.779. The first kappa shape index (κ1) is 21.5. The Morgan fingerprint density at radius 1 is 1.10 bits per heavy atom. The summed E-state index contributed by atoms with van der Waals surface area (Å²) in [5.74, 6) is -0.741. The molecule has 0 bridgehead atoms. The van der Waals surface area contributed by atoms with Crippen LogP contribution in [0.5, 0.6) is 5.75 Å². The summed E-state index contributed by atoms with van der Waals surface area (Å²) in [6.07, 6.45) is -0.779. The van der Waals surface area contributed by atoms with Gasteiger partial charge >= 0.3 is 5.97 Å². The highest BCUT2D eigenvalue weighted by Gasteiger charge is 2.27. The second-order valence-electron chi connectivity index (χ2n) is 6.53. The monoisotopic (exact) mass is 427 g/mol. The van der Waals surface area contributed by atoms with Crippen molar-refractivity contribution in [1.82, 2.24) is 0 Å². The molecule has 0 saturated heterocycles. The Hall–Kier alpha value is -3.19. The van der Waals surface area contributed by atoms with Gasteiger partial charge in [-0.1, -0.05) is 30.3 Å². The van der Waals surface area contributed by atoms with Crippen molar-refractivity contribution < 1.29 is 23.5 Å². The van der Waals surface area contributed by atoms with E-state index in [1.54, 1.807) is 38.1 Å². The highest BCUT2D eigenvalue weighted by molar-refractivity contribution is 7.17. The first-order valence-electron chi connectivity index (χ1n) is 9.49. The van der Waals surface area contributed by atoms with E-state index in [0.717, 1.165) is 4.88 Å². The third-order valence-electron chi connectivity index (χ3n) is 4.36. The maximum atomic E-state index is 13.4. The highest BCUT2D eigenvalue weighted by atomic mass is 32.1. The summed E-state index contributed by atoms with van der Waals surface area (Å²) in [7, 11) is 0. The average Bonchev–Trinajstić information content (AvgIpc) is 3.05. The lowest BCUT2D eigenvalue weighted by atomic mass is 10.0. The van der Waals surface area contributed by atoms with E-state index in [1.165, 1.54) is 23.5 Å². The van der Waals surface area contributed by atoms with E-state index in [-0.39, 0.29) is 18.0 Å². The number of rotatable bonds is 7. The van der Waals surface area contributed by atoms with Crippen LogP contribution in [0.1, 0.15) is 29.1 Å². The molecule has 0 aliphatic rings. The molecule has 30 heavy (non-hydrogen) atoms. The number of thiophene rings is 1. The van der Waals surface area contributed by atoms with Crippen molar-refractivity contribution in [3.05, 3.63) is 70.9 Å². The number of benzene rings is 2. The van der Waals surface area contributed by atoms with Crippen LogP contribution < -0.4 is 10.1 Å². The molecule has 1 aromatic heterocycles. The van der Waals surface area contributed by atoms with Gasteiger partial charge in [-0.15, -0.1) is 11.3 Å². The molecule has 0 spiro atoms. The van der Waals surface area contributed by atoms with Crippen LogP contribution >= 0.6 is 11.3 Å². The number of carbonyl (C=O) groups is 2. The predicted molar refractivity (Wildman–Crippen MR) is 116 cm³/mol. The summed E-state index contributed by atoms with van der Waals surface area (Å²) in [5.41, 5.74) is 1.54. The van der Waals surface area contributed by atoms with Gasteiger partial charge in [0, 0.05) is 10.4 Å². The number of carbonyl (C=O) groups excluding carboxylic acids is 2. The molecule has 7 heteroatoms. The average molecular weight is 427 g/mol. The van der Waals surface area contributed by atoms with Crippen LogP contribution in [-0.4, -0.2) is 24.6 Å². The largest absolute Gasteiger partial charge is 0.481 e. The third kappa shape index (κ3) is 4.86. The Bertz CT molecular complexity index is 1030. The standard InChI is InChI=1S/C23H22FNO4S/c1-4-28-23(27)20-19(16-10-12-17(24)13-11-16)15(3)30-22(20)25-21(26)14(2)29-18-8-6-5-7-9-18/h5-14H,4H2,1-3H3,(H,25,26)/t14-/m1/s1. The molecule has 156 valence electrons. The van der Waals surface area contributed by atoms with Crippen molar-refractivity contribution in [2.24, 2.45) is 0 Å². The summed E-state index contributed by atoms with van der Waals surface area (Å²) in [4.78, 5) is 26.2. The van der Waals surface area contributed by atoms with E-state index in [2.05, 4.69) is 5.32 Å². The summed E-state index contributed by atoms with van der Waals surface area (Å²) < 4.78 is 24.3. The quantitative estimate of drug-likeness (QED) is 0.510. The number of para-hydroxylation sites is 1. The molecule has 0 aliphatic heterocycles. The van der Waals surface area contributed by atoms with Crippen LogP contribution in [0.25, 0.3) is 11.1 Å². The van der Waals surface area contributed by atoms with E-state index >= 15 is 0 Å². The Balaban J connectivity index is 1.92. The van der Waals surface area contributed by atoms with Crippen LogP contribution in [0.3, 0.4) is 0 Å². The van der Waals surface area contributed by atoms with Crippen molar-refractivity contribution in [2.75, 3.05) is 11.9 Å². The molecule has 1 heterocycles. The zero-order valence-electron chi connectivity index (χ0n) is 16.9. The van der Waals surface area contributed by atoms with E-state index < -0.39 is 18.0 Å². The van der Waals surface area contributed by atoms with Crippen molar-refractivity contribution in [3.8, 4) is 16.9 Å². The molecule has 1 amide bonds. The lowest BCUT2D eigenvalue weighted by molar-refractivity contribution is -0.122. The first-order valence-corrected chi connectivity index (χ1v) is 10.3. The number of halogens is 1. The van der Waals surface area contributed by atoms with Crippen molar-refractivity contribution in [3.63, 3.8) is 0 Å². The van der Waals surface area contributed by atoms with Gasteiger partial charge in [0.1, 0.15) is 22.1 Å². The minimum absolute atomic E-state index is 0.192. The molecule has 0 radical (unpaired) electrons. The third-order valence-corrected chi connectivity index (χ3v) is 5.38. The van der Waals surface area contributed by atoms with Crippen molar-refractivity contribution in [2.45, 2.75) is 26.9 Å². The van der Waals surface area contributed by atoms with Gasteiger partial charge < -0.3 is 14.8 Å². The molecule has 0 fully saturated rings. The zero-order valence-corrected chi connectivity index (χ0v) is 17.7. The molecular weight excluding hydrogens is 405 g/mol. The molecule has 3 rings (SSSR count). The fraction of sp³-hybridized carbons (Fsp3) is 0.217. The van der Waals surface area contributed by atoms with Crippen LogP contribution in [0.4, 0.5) is 9.39 Å². The number of anilines is 1. The second-order valence-corrected chi connectivity index (χ2v) is 7.75.